The van der Waals surface area contributed by atoms with Gasteiger partial charge in [-0.15, -0.1) is 0 Å². The number of nitro groups is 1. The van der Waals surface area contributed by atoms with Gasteiger partial charge in [-0.05, 0) is 24.6 Å². The van der Waals surface area contributed by atoms with Crippen molar-refractivity contribution in [2.24, 2.45) is 4.99 Å². The summed E-state index contributed by atoms with van der Waals surface area (Å²) in [5, 5.41) is 10.8. The Kier molecular flexibility index (Phi) is 5.51. The zero-order valence-corrected chi connectivity index (χ0v) is 13.5. The summed E-state index contributed by atoms with van der Waals surface area (Å²) < 4.78 is 11.0. The number of methoxy groups -OCH3 is 1. The second-order valence-corrected chi connectivity index (χ2v) is 4.80. The van der Waals surface area contributed by atoms with Crippen LogP contribution in [0.2, 0.25) is 0 Å². The molecule has 1 unspecified atom stereocenters. The summed E-state index contributed by atoms with van der Waals surface area (Å²) in [7, 11) is 1.64. The molecule has 23 heavy (non-hydrogen) atoms. The molecule has 0 bridgehead atoms. The van der Waals surface area contributed by atoms with Crippen LogP contribution in [0.25, 0.3) is 0 Å². The van der Waals surface area contributed by atoms with E-state index in [0.29, 0.717) is 11.5 Å². The smallest absolute Gasteiger partial charge is 0.270 e. The van der Waals surface area contributed by atoms with Crippen LogP contribution in [0.3, 0.4) is 0 Å². The van der Waals surface area contributed by atoms with Crippen molar-refractivity contribution in [3.63, 3.8) is 0 Å². The third-order valence-electron chi connectivity index (χ3n) is 3.48. The predicted octanol–water partition coefficient (Wildman–Crippen LogP) is 3.97. The molecular formula is C17H20N2O4. The lowest BCUT2D eigenvalue weighted by Gasteiger charge is -2.05. The quantitative estimate of drug-likeness (QED) is 0.624. The molecule has 0 spiro atoms. The highest BCUT2D eigenvalue weighted by molar-refractivity contribution is 5.97. The molecule has 1 aliphatic heterocycles. The number of aliphatic imine (C=N–C) groups is 1. The standard InChI is InChI=1S/C15H14N2O4.C2H6/c1-20-12-5-7-13-14(8-6-12)21-15(16-13)10-3-2-4-11(9-10)17(18)19;1-2/h2-4,6,8-9,13H,5,7H2,1H3;1-2H3. The molecule has 1 heterocycles. The van der Waals surface area contributed by atoms with Gasteiger partial charge in [0.05, 0.1) is 17.8 Å². The van der Waals surface area contributed by atoms with E-state index >= 15 is 0 Å². The van der Waals surface area contributed by atoms with Gasteiger partial charge in [-0.1, -0.05) is 19.9 Å². The normalized spacial score (nSPS) is 18.9. The molecular weight excluding hydrogens is 296 g/mol. The van der Waals surface area contributed by atoms with E-state index in [1.54, 1.807) is 19.2 Å². The number of hydrogen-bond acceptors (Lipinski definition) is 5. The lowest BCUT2D eigenvalue weighted by atomic mass is 10.1. The number of hydrogen-bond donors (Lipinski definition) is 0. The fourth-order valence-electron chi connectivity index (χ4n) is 2.36. The minimum atomic E-state index is -0.427. The molecule has 0 radical (unpaired) electrons. The Balaban J connectivity index is 0.000000924. The van der Waals surface area contributed by atoms with Crippen LogP contribution in [0.5, 0.6) is 0 Å². The molecule has 0 fully saturated rings. The summed E-state index contributed by atoms with van der Waals surface area (Å²) in [5.74, 6) is 2.08. The molecule has 1 aliphatic carbocycles. The minimum Gasteiger partial charge on any atom is -0.501 e. The fourth-order valence-corrected chi connectivity index (χ4v) is 2.36. The highest BCUT2D eigenvalue weighted by atomic mass is 16.6. The zero-order chi connectivity index (χ0) is 16.8. The third kappa shape index (κ3) is 3.77. The first-order valence-electron chi connectivity index (χ1n) is 7.62. The van der Waals surface area contributed by atoms with Crippen LogP contribution in [0.4, 0.5) is 5.69 Å². The first-order valence-corrected chi connectivity index (χ1v) is 7.62. The van der Waals surface area contributed by atoms with E-state index in [2.05, 4.69) is 4.99 Å². The number of ether oxygens (including phenoxy) is 2. The molecule has 2 aliphatic rings. The second-order valence-electron chi connectivity index (χ2n) is 4.80. The lowest BCUT2D eigenvalue weighted by Crippen LogP contribution is -2.03. The molecule has 1 aromatic carbocycles. The summed E-state index contributed by atoms with van der Waals surface area (Å²) in [6.07, 6.45) is 5.31. The van der Waals surface area contributed by atoms with Crippen molar-refractivity contribution in [1.82, 2.24) is 0 Å². The van der Waals surface area contributed by atoms with Crippen molar-refractivity contribution >= 4 is 11.6 Å². The van der Waals surface area contributed by atoms with Gasteiger partial charge in [0.15, 0.2) is 0 Å². The topological polar surface area (TPSA) is 74.0 Å². The van der Waals surface area contributed by atoms with Gasteiger partial charge in [0, 0.05) is 24.1 Å². The third-order valence-corrected chi connectivity index (χ3v) is 3.48. The van der Waals surface area contributed by atoms with Crippen LogP contribution < -0.4 is 0 Å². The summed E-state index contributed by atoms with van der Waals surface area (Å²) in [4.78, 5) is 14.9. The summed E-state index contributed by atoms with van der Waals surface area (Å²) in [6.45, 7) is 4.00. The molecule has 1 aromatic rings. The highest BCUT2D eigenvalue weighted by Crippen LogP contribution is 2.29. The fraction of sp³-hybridized carbons (Fsp3) is 0.353. The maximum Gasteiger partial charge on any atom is 0.270 e. The Morgan fingerprint density at radius 3 is 2.83 bits per heavy atom. The maximum atomic E-state index is 10.8. The summed E-state index contributed by atoms with van der Waals surface area (Å²) in [6, 6.07) is 6.26. The van der Waals surface area contributed by atoms with E-state index in [1.165, 1.54) is 12.1 Å². The van der Waals surface area contributed by atoms with Gasteiger partial charge >= 0.3 is 0 Å². The lowest BCUT2D eigenvalue weighted by molar-refractivity contribution is -0.384. The van der Waals surface area contributed by atoms with Crippen molar-refractivity contribution in [2.75, 3.05) is 7.11 Å². The molecule has 6 heteroatoms. The number of benzene rings is 1. The number of fused-ring (bicyclic) bond motifs is 1. The number of non-ortho nitro benzene ring substituents is 1. The van der Waals surface area contributed by atoms with Gasteiger partial charge in [-0.25, -0.2) is 4.99 Å². The minimum absolute atomic E-state index is 0.0291. The van der Waals surface area contributed by atoms with Crippen LogP contribution in [0.1, 0.15) is 32.3 Å². The molecule has 1 atom stereocenters. The maximum absolute atomic E-state index is 10.8. The van der Waals surface area contributed by atoms with Gasteiger partial charge in [0.2, 0.25) is 5.90 Å². The average molecular weight is 316 g/mol. The zero-order valence-electron chi connectivity index (χ0n) is 13.5. The van der Waals surface area contributed by atoms with Gasteiger partial charge in [-0.3, -0.25) is 10.1 Å². The van der Waals surface area contributed by atoms with Gasteiger partial charge in [-0.2, -0.15) is 0 Å². The molecule has 3 rings (SSSR count). The van der Waals surface area contributed by atoms with E-state index in [-0.39, 0.29) is 11.7 Å². The first kappa shape index (κ1) is 16.7. The van der Waals surface area contributed by atoms with Crippen molar-refractivity contribution in [3.05, 3.63) is 63.6 Å². The number of nitro benzene ring substituents is 1. The molecule has 6 nitrogen and oxygen atoms in total. The molecule has 0 saturated carbocycles. The van der Waals surface area contributed by atoms with E-state index < -0.39 is 4.92 Å². The Morgan fingerprint density at radius 1 is 1.35 bits per heavy atom. The van der Waals surface area contributed by atoms with E-state index in [0.717, 1.165) is 24.4 Å². The molecule has 0 amide bonds. The van der Waals surface area contributed by atoms with Gasteiger partial charge < -0.3 is 9.47 Å². The van der Waals surface area contributed by atoms with Crippen LogP contribution in [0, 0.1) is 10.1 Å². The molecule has 0 saturated heterocycles. The first-order chi connectivity index (χ1) is 11.2. The molecule has 0 N–H and O–H groups in total. The molecule has 0 aromatic heterocycles. The molecule has 122 valence electrons. The van der Waals surface area contributed by atoms with Gasteiger partial charge in [0.1, 0.15) is 11.8 Å². The number of rotatable bonds is 3. The van der Waals surface area contributed by atoms with E-state index in [1.807, 2.05) is 26.0 Å². The Bertz CT molecular complexity index is 677. The van der Waals surface area contributed by atoms with Crippen molar-refractivity contribution in [2.45, 2.75) is 32.7 Å². The van der Waals surface area contributed by atoms with Crippen LogP contribution in [-0.2, 0) is 9.47 Å². The Hall–Kier alpha value is -2.63. The van der Waals surface area contributed by atoms with Crippen LogP contribution >= 0.6 is 0 Å². The Morgan fingerprint density at radius 2 is 2.13 bits per heavy atom. The van der Waals surface area contributed by atoms with Crippen LogP contribution in [0.15, 0.2) is 52.9 Å². The number of nitrogens with zero attached hydrogens (tertiary/aromatic N) is 2. The summed E-state index contributed by atoms with van der Waals surface area (Å²) in [5.41, 5.74) is 0.649. The van der Waals surface area contributed by atoms with Crippen molar-refractivity contribution in [3.8, 4) is 0 Å². The van der Waals surface area contributed by atoms with E-state index in [9.17, 15) is 10.1 Å². The second kappa shape index (κ2) is 7.58. The highest BCUT2D eigenvalue weighted by Gasteiger charge is 2.28. The predicted molar refractivity (Wildman–Crippen MR) is 88.3 cm³/mol. The summed E-state index contributed by atoms with van der Waals surface area (Å²) >= 11 is 0. The SMILES string of the molecule is CC.COC1=CC=C2OC(c3cccc([N+](=O)[O-])c3)=NC2CC1. The van der Waals surface area contributed by atoms with E-state index in [4.69, 9.17) is 9.47 Å². The van der Waals surface area contributed by atoms with Crippen LogP contribution in [-0.4, -0.2) is 24.0 Å². The monoisotopic (exact) mass is 316 g/mol. The van der Waals surface area contributed by atoms with Gasteiger partial charge in [0.25, 0.3) is 5.69 Å². The number of allylic oxidation sites excluding steroid dienone is 3. The van der Waals surface area contributed by atoms with Crippen molar-refractivity contribution in [1.29, 1.82) is 0 Å². The average Bonchev–Trinajstić information content (AvgIpc) is 2.91. The van der Waals surface area contributed by atoms with Crippen molar-refractivity contribution < 1.29 is 14.4 Å². The largest absolute Gasteiger partial charge is 0.501 e. The Labute approximate surface area is 135 Å².